The Morgan fingerprint density at radius 1 is 1.09 bits per heavy atom. The van der Waals surface area contributed by atoms with E-state index < -0.39 is 17.6 Å². The minimum Gasteiger partial charge on any atom is -0.370 e. The number of hydrogen-bond donors (Lipinski definition) is 3. The molecule has 4 N–H and O–H groups in total. The maximum absolute atomic E-state index is 13.2. The second-order valence-corrected chi connectivity index (χ2v) is 9.79. The Kier molecular flexibility index (Phi) is 7.95. The number of nitrogens with zero attached hydrogens (tertiary/aromatic N) is 2. The fourth-order valence-corrected chi connectivity index (χ4v) is 5.41. The summed E-state index contributed by atoms with van der Waals surface area (Å²) in [6.07, 6.45) is 1.26. The minimum absolute atomic E-state index is 0.0258. The summed E-state index contributed by atoms with van der Waals surface area (Å²) in [6, 6.07) is 13.3. The number of nitrogens with one attached hydrogen (secondary N) is 2. The summed E-state index contributed by atoms with van der Waals surface area (Å²) in [7, 11) is 0. The van der Waals surface area contributed by atoms with Crippen LogP contribution in [0.4, 0.5) is 10.5 Å². The summed E-state index contributed by atoms with van der Waals surface area (Å²) in [6.45, 7) is 2.05. The molecule has 2 heterocycles. The lowest BCUT2D eigenvalue weighted by atomic mass is 9.92. The molecular formula is C24H27BrClN5O4. The lowest BCUT2D eigenvalue weighted by Gasteiger charge is -2.47. The molecule has 2 fully saturated rings. The molecule has 0 spiro atoms. The fraction of sp³-hybridized carbons (Fsp3) is 0.375. The van der Waals surface area contributed by atoms with E-state index in [1.165, 1.54) is 0 Å². The van der Waals surface area contributed by atoms with Gasteiger partial charge in [0.05, 0.1) is 6.61 Å². The number of piperidine rings is 1. The zero-order chi connectivity index (χ0) is 25.0. The number of hydrogen-bond acceptors (Lipinski definition) is 5. The maximum atomic E-state index is 13.2. The van der Waals surface area contributed by atoms with Crippen LogP contribution in [0.1, 0.15) is 18.4 Å². The highest BCUT2D eigenvalue weighted by atomic mass is 79.9. The summed E-state index contributed by atoms with van der Waals surface area (Å²) < 4.78 is 5.89. The summed E-state index contributed by atoms with van der Waals surface area (Å²) in [4.78, 5) is 42.3. The molecule has 2 saturated heterocycles. The van der Waals surface area contributed by atoms with Gasteiger partial charge in [-0.25, -0.2) is 4.79 Å². The quantitative estimate of drug-likeness (QED) is 0.499. The van der Waals surface area contributed by atoms with Crippen molar-refractivity contribution >= 4 is 51.1 Å². The van der Waals surface area contributed by atoms with Crippen LogP contribution in [0.5, 0.6) is 0 Å². The Balaban J connectivity index is 1.61. The van der Waals surface area contributed by atoms with Crippen LogP contribution in [-0.4, -0.2) is 66.5 Å². The van der Waals surface area contributed by atoms with Gasteiger partial charge in [0.15, 0.2) is 0 Å². The zero-order valence-corrected chi connectivity index (χ0v) is 21.3. The molecule has 2 aliphatic heterocycles. The smallest absolute Gasteiger partial charge is 0.321 e. The molecule has 9 nitrogen and oxygen atoms in total. The van der Waals surface area contributed by atoms with E-state index in [1.807, 2.05) is 15.9 Å². The second-order valence-electron chi connectivity index (χ2n) is 8.50. The van der Waals surface area contributed by atoms with E-state index in [0.29, 0.717) is 59.8 Å². The Hall–Kier alpha value is -2.66. The average Bonchev–Trinajstić information content (AvgIpc) is 2.85. The maximum Gasteiger partial charge on any atom is 0.321 e. The molecular weight excluding hydrogens is 538 g/mol. The number of amides is 4. The van der Waals surface area contributed by atoms with Gasteiger partial charge in [0.25, 0.3) is 5.91 Å². The summed E-state index contributed by atoms with van der Waals surface area (Å²) >= 11 is 9.47. The van der Waals surface area contributed by atoms with Crippen molar-refractivity contribution in [3.05, 3.63) is 63.6 Å². The number of primary amides is 1. The molecule has 4 amide bonds. The van der Waals surface area contributed by atoms with E-state index in [-0.39, 0.29) is 18.6 Å². The van der Waals surface area contributed by atoms with Crippen molar-refractivity contribution < 1.29 is 19.1 Å². The van der Waals surface area contributed by atoms with E-state index in [0.717, 1.165) is 0 Å². The number of halogens is 2. The molecule has 11 heteroatoms. The molecule has 1 unspecified atom stereocenters. The van der Waals surface area contributed by atoms with Crippen molar-refractivity contribution in [3.63, 3.8) is 0 Å². The number of nitrogens with two attached hydrogens (primary N) is 1. The van der Waals surface area contributed by atoms with Gasteiger partial charge < -0.3 is 26.0 Å². The van der Waals surface area contributed by atoms with Gasteiger partial charge >= 0.3 is 6.03 Å². The van der Waals surface area contributed by atoms with Crippen LogP contribution in [0.15, 0.2) is 53.0 Å². The van der Waals surface area contributed by atoms with Gasteiger partial charge in [0.2, 0.25) is 11.6 Å². The van der Waals surface area contributed by atoms with Crippen LogP contribution < -0.4 is 16.4 Å². The number of anilines is 1. The lowest BCUT2D eigenvalue weighted by molar-refractivity contribution is -0.148. The lowest BCUT2D eigenvalue weighted by Crippen LogP contribution is -2.68. The molecule has 35 heavy (non-hydrogen) atoms. The Labute approximate surface area is 217 Å². The van der Waals surface area contributed by atoms with Gasteiger partial charge in [-0.15, -0.1) is 0 Å². The number of ether oxygens (including phenoxy) is 1. The van der Waals surface area contributed by atoms with Crippen LogP contribution in [-0.2, 0) is 20.0 Å². The van der Waals surface area contributed by atoms with Crippen LogP contribution in [0.3, 0.4) is 0 Å². The third kappa shape index (κ3) is 5.45. The van der Waals surface area contributed by atoms with Crippen molar-refractivity contribution in [2.24, 2.45) is 5.73 Å². The van der Waals surface area contributed by atoms with Gasteiger partial charge in [-0.1, -0.05) is 45.7 Å². The standard InChI is InChI=1S/C24H27BrClN5O4/c25-20-4-2-1-3-19(20)24(22(27)33,29-23(34)28-17-7-5-16(26)6-8-17)30-11-9-18(10-12-30)31-13-14-35-15-21(31)32/h1-8,18H,9-15H2,(H2,27,33)(H2,28,29,34). The van der Waals surface area contributed by atoms with E-state index in [2.05, 4.69) is 26.6 Å². The number of urea groups is 1. The van der Waals surface area contributed by atoms with Crippen LogP contribution in [0.2, 0.25) is 5.02 Å². The summed E-state index contributed by atoms with van der Waals surface area (Å²) in [5, 5.41) is 6.15. The number of carbonyl (C=O) groups is 3. The Morgan fingerprint density at radius 2 is 1.77 bits per heavy atom. The number of morpholine rings is 1. The predicted molar refractivity (Wildman–Crippen MR) is 136 cm³/mol. The molecule has 0 radical (unpaired) electrons. The van der Waals surface area contributed by atoms with Gasteiger partial charge in [-0.2, -0.15) is 0 Å². The van der Waals surface area contributed by atoms with E-state index in [4.69, 9.17) is 22.1 Å². The monoisotopic (exact) mass is 563 g/mol. The van der Waals surface area contributed by atoms with Crippen LogP contribution in [0.25, 0.3) is 0 Å². The van der Waals surface area contributed by atoms with Crippen LogP contribution >= 0.6 is 27.5 Å². The summed E-state index contributed by atoms with van der Waals surface area (Å²) in [5.74, 6) is -0.737. The minimum atomic E-state index is -1.61. The first-order chi connectivity index (χ1) is 16.8. The van der Waals surface area contributed by atoms with Crippen molar-refractivity contribution in [2.45, 2.75) is 24.5 Å². The van der Waals surface area contributed by atoms with Crippen molar-refractivity contribution in [3.8, 4) is 0 Å². The topological polar surface area (TPSA) is 117 Å². The Bertz CT molecular complexity index is 1090. The molecule has 0 aromatic heterocycles. The number of benzene rings is 2. The van der Waals surface area contributed by atoms with E-state index >= 15 is 0 Å². The summed E-state index contributed by atoms with van der Waals surface area (Å²) in [5.41, 5.74) is 5.45. The third-order valence-electron chi connectivity index (χ3n) is 6.42. The molecule has 2 aliphatic rings. The normalized spacial score (nSPS) is 19.1. The predicted octanol–water partition coefficient (Wildman–Crippen LogP) is 2.89. The van der Waals surface area contributed by atoms with E-state index in [9.17, 15) is 14.4 Å². The van der Waals surface area contributed by atoms with Crippen LogP contribution in [0, 0.1) is 0 Å². The highest BCUT2D eigenvalue weighted by molar-refractivity contribution is 9.10. The first-order valence-electron chi connectivity index (χ1n) is 11.3. The second kappa shape index (κ2) is 10.9. The largest absolute Gasteiger partial charge is 0.370 e. The highest BCUT2D eigenvalue weighted by Crippen LogP contribution is 2.35. The highest BCUT2D eigenvalue weighted by Gasteiger charge is 2.48. The molecule has 0 saturated carbocycles. The molecule has 0 bridgehead atoms. The third-order valence-corrected chi connectivity index (χ3v) is 7.36. The molecule has 186 valence electrons. The first-order valence-corrected chi connectivity index (χ1v) is 12.5. The fourth-order valence-electron chi connectivity index (χ4n) is 4.71. The average molecular weight is 565 g/mol. The van der Waals surface area contributed by atoms with Gasteiger partial charge in [-0.05, 0) is 43.2 Å². The first kappa shape index (κ1) is 25.4. The molecule has 0 aliphatic carbocycles. The zero-order valence-electron chi connectivity index (χ0n) is 19.0. The van der Waals surface area contributed by atoms with Crippen molar-refractivity contribution in [1.82, 2.24) is 15.1 Å². The van der Waals surface area contributed by atoms with Gasteiger partial charge in [-0.3, -0.25) is 14.5 Å². The number of likely N-dealkylation sites (tertiary alicyclic amines) is 1. The number of rotatable bonds is 6. The molecule has 1 atom stereocenters. The molecule has 2 aromatic carbocycles. The SMILES string of the molecule is NC(=O)C(NC(=O)Nc1ccc(Cl)cc1)(c1ccccc1Br)N1CCC(N2CCOCC2=O)CC1. The van der Waals surface area contributed by atoms with E-state index in [1.54, 1.807) is 42.5 Å². The van der Waals surface area contributed by atoms with Crippen molar-refractivity contribution in [2.75, 3.05) is 38.2 Å². The van der Waals surface area contributed by atoms with Crippen molar-refractivity contribution in [1.29, 1.82) is 0 Å². The van der Waals surface area contributed by atoms with Gasteiger partial charge in [0.1, 0.15) is 6.61 Å². The van der Waals surface area contributed by atoms with Gasteiger partial charge in [0, 0.05) is 46.4 Å². The molecule has 2 aromatic rings. The molecule has 4 rings (SSSR count). The Morgan fingerprint density at radius 3 is 2.40 bits per heavy atom. The number of carbonyl (C=O) groups excluding carboxylic acids is 3.